The topological polar surface area (TPSA) is 80.3 Å². The van der Waals surface area contributed by atoms with E-state index in [0.29, 0.717) is 12.2 Å². The number of hydrazine groups is 1. The summed E-state index contributed by atoms with van der Waals surface area (Å²) in [4.78, 5) is 28.1. The number of nitrogens with one attached hydrogen (secondary N) is 2. The van der Waals surface area contributed by atoms with Gasteiger partial charge in [-0.25, -0.2) is 0 Å². The molecule has 0 spiro atoms. The summed E-state index contributed by atoms with van der Waals surface area (Å²) in [5.41, 5.74) is 5.62. The van der Waals surface area contributed by atoms with E-state index in [1.807, 2.05) is 60.7 Å². The number of ether oxygens (including phenoxy) is 1. The Morgan fingerprint density at radius 3 is 2.56 bits per heavy atom. The second-order valence-electron chi connectivity index (χ2n) is 6.13. The lowest BCUT2D eigenvalue weighted by Crippen LogP contribution is -2.47. The lowest BCUT2D eigenvalue weighted by Gasteiger charge is -2.15. The van der Waals surface area contributed by atoms with Crippen molar-refractivity contribution in [2.24, 2.45) is 0 Å². The molecule has 0 fully saturated rings. The smallest absolute Gasteiger partial charge is 0.279 e. The SMILES string of the molecule is CC(Oc1ccc2ccccc2c1)C(=O)NNC(=O)CCc1ccccn1. The summed E-state index contributed by atoms with van der Waals surface area (Å²) in [5.74, 6) is -0.112. The lowest BCUT2D eigenvalue weighted by molar-refractivity contribution is -0.132. The van der Waals surface area contributed by atoms with Crippen LogP contribution in [-0.2, 0) is 16.0 Å². The Labute approximate surface area is 157 Å². The number of hydrogen-bond acceptors (Lipinski definition) is 4. The highest BCUT2D eigenvalue weighted by Crippen LogP contribution is 2.21. The van der Waals surface area contributed by atoms with E-state index in [9.17, 15) is 9.59 Å². The average Bonchev–Trinajstić information content (AvgIpc) is 2.71. The summed E-state index contributed by atoms with van der Waals surface area (Å²) in [5, 5.41) is 2.13. The number of rotatable bonds is 6. The first-order chi connectivity index (χ1) is 13.1. The molecule has 6 nitrogen and oxygen atoms in total. The zero-order chi connectivity index (χ0) is 19.1. The standard InChI is InChI=1S/C21H21N3O3/c1-15(27-19-11-9-16-6-2-3-7-17(16)14-19)21(26)24-23-20(25)12-10-18-8-4-5-13-22-18/h2-9,11,13-15H,10,12H2,1H3,(H,23,25)(H,24,26). The van der Waals surface area contributed by atoms with Crippen molar-refractivity contribution in [3.63, 3.8) is 0 Å². The van der Waals surface area contributed by atoms with Gasteiger partial charge in [0, 0.05) is 18.3 Å². The third-order valence-corrected chi connectivity index (χ3v) is 4.06. The maximum Gasteiger partial charge on any atom is 0.279 e. The van der Waals surface area contributed by atoms with Crippen LogP contribution in [0.3, 0.4) is 0 Å². The molecular weight excluding hydrogens is 342 g/mol. The molecule has 0 aliphatic carbocycles. The molecule has 3 rings (SSSR count). The van der Waals surface area contributed by atoms with Gasteiger partial charge < -0.3 is 4.74 Å². The van der Waals surface area contributed by atoms with Gasteiger partial charge in [-0.3, -0.25) is 25.4 Å². The van der Waals surface area contributed by atoms with E-state index in [1.54, 1.807) is 13.1 Å². The summed E-state index contributed by atoms with van der Waals surface area (Å²) < 4.78 is 5.67. The zero-order valence-corrected chi connectivity index (χ0v) is 15.0. The molecule has 27 heavy (non-hydrogen) atoms. The fourth-order valence-corrected chi connectivity index (χ4v) is 2.58. The lowest BCUT2D eigenvalue weighted by atomic mass is 10.1. The van der Waals surface area contributed by atoms with E-state index in [0.717, 1.165) is 16.5 Å². The van der Waals surface area contributed by atoms with Gasteiger partial charge in [0.25, 0.3) is 5.91 Å². The molecule has 0 saturated heterocycles. The van der Waals surface area contributed by atoms with Crippen molar-refractivity contribution in [3.05, 3.63) is 72.6 Å². The van der Waals surface area contributed by atoms with E-state index in [4.69, 9.17) is 4.74 Å². The highest BCUT2D eigenvalue weighted by Gasteiger charge is 2.15. The first-order valence-electron chi connectivity index (χ1n) is 8.76. The quantitative estimate of drug-likeness (QED) is 0.660. The van der Waals surface area contributed by atoms with Crippen molar-refractivity contribution < 1.29 is 14.3 Å². The molecule has 3 aromatic rings. The van der Waals surface area contributed by atoms with Crippen LogP contribution in [0.25, 0.3) is 10.8 Å². The van der Waals surface area contributed by atoms with Crippen LogP contribution in [0.15, 0.2) is 66.9 Å². The number of fused-ring (bicyclic) bond motifs is 1. The average molecular weight is 363 g/mol. The van der Waals surface area contributed by atoms with E-state index in [2.05, 4.69) is 15.8 Å². The third-order valence-electron chi connectivity index (χ3n) is 4.06. The molecule has 0 bridgehead atoms. The fourth-order valence-electron chi connectivity index (χ4n) is 2.58. The van der Waals surface area contributed by atoms with E-state index in [1.165, 1.54) is 0 Å². The Kier molecular flexibility index (Phi) is 5.99. The second-order valence-corrected chi connectivity index (χ2v) is 6.13. The van der Waals surface area contributed by atoms with Gasteiger partial charge in [-0.2, -0.15) is 0 Å². The molecule has 0 saturated carbocycles. The largest absolute Gasteiger partial charge is 0.481 e. The predicted molar refractivity (Wildman–Crippen MR) is 103 cm³/mol. The molecule has 138 valence electrons. The molecule has 6 heteroatoms. The van der Waals surface area contributed by atoms with Gasteiger partial charge in [-0.1, -0.05) is 36.4 Å². The number of aryl methyl sites for hydroxylation is 1. The molecule has 0 aliphatic heterocycles. The third kappa shape index (κ3) is 5.28. The maximum atomic E-state index is 12.1. The molecule has 1 unspecified atom stereocenters. The zero-order valence-electron chi connectivity index (χ0n) is 15.0. The van der Waals surface area contributed by atoms with Crippen LogP contribution in [0.5, 0.6) is 5.75 Å². The molecule has 0 aliphatic rings. The van der Waals surface area contributed by atoms with Crippen LogP contribution in [0.1, 0.15) is 19.0 Å². The summed E-state index contributed by atoms with van der Waals surface area (Å²) in [6, 6.07) is 19.1. The summed E-state index contributed by atoms with van der Waals surface area (Å²) in [6.45, 7) is 1.63. The monoisotopic (exact) mass is 363 g/mol. The van der Waals surface area contributed by atoms with Gasteiger partial charge in [0.05, 0.1) is 0 Å². The Bertz CT molecular complexity index is 928. The number of amides is 2. The highest BCUT2D eigenvalue weighted by atomic mass is 16.5. The Hall–Kier alpha value is -3.41. The Morgan fingerprint density at radius 2 is 1.78 bits per heavy atom. The summed E-state index contributed by atoms with van der Waals surface area (Å²) in [6.07, 6.45) is 1.67. The molecule has 1 atom stereocenters. The van der Waals surface area contributed by atoms with Crippen molar-refractivity contribution in [2.75, 3.05) is 0 Å². The number of benzene rings is 2. The van der Waals surface area contributed by atoms with Crippen molar-refractivity contribution in [1.29, 1.82) is 0 Å². The summed E-state index contributed by atoms with van der Waals surface area (Å²) >= 11 is 0. The van der Waals surface area contributed by atoms with Crippen LogP contribution in [0.2, 0.25) is 0 Å². The number of carbonyl (C=O) groups is 2. The number of pyridine rings is 1. The van der Waals surface area contributed by atoms with E-state index < -0.39 is 12.0 Å². The van der Waals surface area contributed by atoms with Crippen LogP contribution in [-0.4, -0.2) is 22.9 Å². The minimum absolute atomic E-state index is 0.233. The maximum absolute atomic E-state index is 12.1. The molecule has 2 aromatic carbocycles. The van der Waals surface area contributed by atoms with E-state index >= 15 is 0 Å². The normalized spacial score (nSPS) is 11.6. The van der Waals surface area contributed by atoms with Crippen molar-refractivity contribution in [3.8, 4) is 5.75 Å². The van der Waals surface area contributed by atoms with Crippen LogP contribution in [0.4, 0.5) is 0 Å². The number of nitrogens with zero attached hydrogens (tertiary/aromatic N) is 1. The van der Waals surface area contributed by atoms with Crippen LogP contribution < -0.4 is 15.6 Å². The highest BCUT2D eigenvalue weighted by molar-refractivity contribution is 5.85. The van der Waals surface area contributed by atoms with Gasteiger partial charge >= 0.3 is 0 Å². The molecule has 2 amide bonds. The van der Waals surface area contributed by atoms with Crippen molar-refractivity contribution >= 4 is 22.6 Å². The minimum atomic E-state index is -0.748. The number of carbonyl (C=O) groups excluding carboxylic acids is 2. The van der Waals surface area contributed by atoms with E-state index in [-0.39, 0.29) is 12.3 Å². The van der Waals surface area contributed by atoms with Gasteiger partial charge in [0.1, 0.15) is 5.75 Å². The Morgan fingerprint density at radius 1 is 1.00 bits per heavy atom. The van der Waals surface area contributed by atoms with Crippen molar-refractivity contribution in [2.45, 2.75) is 25.9 Å². The summed E-state index contributed by atoms with van der Waals surface area (Å²) in [7, 11) is 0. The predicted octanol–water partition coefficient (Wildman–Crippen LogP) is 2.78. The molecular formula is C21H21N3O3. The van der Waals surface area contributed by atoms with Crippen LogP contribution in [0, 0.1) is 0 Å². The van der Waals surface area contributed by atoms with Crippen molar-refractivity contribution in [1.82, 2.24) is 15.8 Å². The number of hydrogen-bond donors (Lipinski definition) is 2. The van der Waals surface area contributed by atoms with Gasteiger partial charge in [0.2, 0.25) is 5.91 Å². The fraction of sp³-hybridized carbons (Fsp3) is 0.190. The molecule has 1 aromatic heterocycles. The van der Waals surface area contributed by atoms with Gasteiger partial charge in [-0.05, 0) is 48.4 Å². The van der Waals surface area contributed by atoms with Gasteiger partial charge in [-0.15, -0.1) is 0 Å². The second kappa shape index (κ2) is 8.80. The molecule has 1 heterocycles. The minimum Gasteiger partial charge on any atom is -0.481 e. The molecule has 2 N–H and O–H groups in total. The molecule has 0 radical (unpaired) electrons. The first-order valence-corrected chi connectivity index (χ1v) is 8.76. The first kappa shape index (κ1) is 18.4. The Balaban J connectivity index is 1.46. The van der Waals surface area contributed by atoms with Crippen LogP contribution >= 0.6 is 0 Å². The van der Waals surface area contributed by atoms with Gasteiger partial charge in [0.15, 0.2) is 6.10 Å². The number of aromatic nitrogens is 1.